The Hall–Kier alpha value is -3.55. The van der Waals surface area contributed by atoms with Crippen LogP contribution in [0.1, 0.15) is 22.5 Å². The number of amides is 1. The molecule has 0 saturated carbocycles. The number of benzene rings is 1. The highest BCUT2D eigenvalue weighted by Gasteiger charge is 2.36. The molecule has 2 aromatic heterocycles. The van der Waals surface area contributed by atoms with Crippen LogP contribution in [0.4, 0.5) is 20.2 Å². The summed E-state index contributed by atoms with van der Waals surface area (Å²) in [7, 11) is 1.34. The quantitative estimate of drug-likeness (QED) is 0.619. The minimum Gasteiger partial charge on any atom is -0.356 e. The zero-order valence-corrected chi connectivity index (χ0v) is 16.9. The Labute approximate surface area is 178 Å². The third-order valence-electron chi connectivity index (χ3n) is 5.39. The van der Waals surface area contributed by atoms with Crippen molar-refractivity contribution in [3.8, 4) is 11.3 Å². The van der Waals surface area contributed by atoms with Crippen molar-refractivity contribution >= 4 is 23.1 Å². The number of Topliss-reactive ketones (excluding diaryl/α,β-unsaturated/α-hetero) is 1. The maximum atomic E-state index is 13.1. The summed E-state index contributed by atoms with van der Waals surface area (Å²) < 4.78 is 25.4. The number of anilines is 2. The molecule has 0 saturated heterocycles. The number of carbonyl (C=O) groups is 2. The van der Waals surface area contributed by atoms with Crippen molar-refractivity contribution in [1.82, 2.24) is 14.9 Å². The van der Waals surface area contributed by atoms with Gasteiger partial charge in [0.1, 0.15) is 0 Å². The summed E-state index contributed by atoms with van der Waals surface area (Å²) in [4.78, 5) is 34.1. The van der Waals surface area contributed by atoms with E-state index in [-0.39, 0.29) is 18.6 Å². The van der Waals surface area contributed by atoms with Gasteiger partial charge in [0, 0.05) is 49.2 Å². The molecular formula is C23H22F2N4O2. The number of H-pyrrole nitrogens is 1. The highest BCUT2D eigenvalue weighted by Crippen LogP contribution is 2.40. The van der Waals surface area contributed by atoms with Crippen LogP contribution in [0, 0.1) is 5.92 Å². The first-order valence-electron chi connectivity index (χ1n) is 9.97. The summed E-state index contributed by atoms with van der Waals surface area (Å²) in [6.45, 7) is -0.649. The van der Waals surface area contributed by atoms with Crippen molar-refractivity contribution < 1.29 is 18.4 Å². The summed E-state index contributed by atoms with van der Waals surface area (Å²) in [5.41, 5.74) is 4.17. The lowest BCUT2D eigenvalue weighted by atomic mass is 9.85. The monoisotopic (exact) mass is 424 g/mol. The molecule has 0 spiro atoms. The van der Waals surface area contributed by atoms with Crippen molar-refractivity contribution in [3.05, 3.63) is 66.1 Å². The SMILES string of the molecule is CN(CC(F)F)C(=O)C1CC(=O)c2c([nH]c(-c3ccncc3)c2Nc2ccccc2)C1. The number of hydrogen-bond acceptors (Lipinski definition) is 4. The first-order chi connectivity index (χ1) is 14.9. The van der Waals surface area contributed by atoms with Gasteiger partial charge in [-0.3, -0.25) is 14.6 Å². The van der Waals surface area contributed by atoms with Gasteiger partial charge in [-0.25, -0.2) is 8.78 Å². The second-order valence-corrected chi connectivity index (χ2v) is 7.59. The lowest BCUT2D eigenvalue weighted by Gasteiger charge is -2.26. The number of aromatic nitrogens is 2. The third kappa shape index (κ3) is 4.33. The average Bonchev–Trinajstić information content (AvgIpc) is 3.12. The second-order valence-electron chi connectivity index (χ2n) is 7.59. The van der Waals surface area contributed by atoms with E-state index in [4.69, 9.17) is 0 Å². The molecule has 8 heteroatoms. The predicted molar refractivity (Wildman–Crippen MR) is 114 cm³/mol. The van der Waals surface area contributed by atoms with E-state index in [2.05, 4.69) is 15.3 Å². The predicted octanol–water partition coefficient (Wildman–Crippen LogP) is 4.29. The molecule has 0 bridgehead atoms. The van der Waals surface area contributed by atoms with Gasteiger partial charge in [0.05, 0.1) is 29.4 Å². The number of ketones is 1. The highest BCUT2D eigenvalue weighted by molar-refractivity contribution is 6.09. The molecule has 31 heavy (non-hydrogen) atoms. The Balaban J connectivity index is 1.72. The van der Waals surface area contributed by atoms with Gasteiger partial charge < -0.3 is 15.2 Å². The lowest BCUT2D eigenvalue weighted by molar-refractivity contribution is -0.136. The molecule has 2 N–H and O–H groups in total. The molecule has 3 aromatic rings. The fraction of sp³-hybridized carbons (Fsp3) is 0.261. The number of halogens is 2. The van der Waals surface area contributed by atoms with Crippen LogP contribution in [0.2, 0.25) is 0 Å². The molecule has 1 amide bonds. The van der Waals surface area contributed by atoms with E-state index in [9.17, 15) is 18.4 Å². The first kappa shape index (κ1) is 20.7. The first-order valence-corrected chi connectivity index (χ1v) is 9.97. The van der Waals surface area contributed by atoms with Crippen molar-refractivity contribution in [2.75, 3.05) is 18.9 Å². The molecule has 2 heterocycles. The molecule has 1 aliphatic carbocycles. The van der Waals surface area contributed by atoms with Crippen LogP contribution in [-0.4, -0.2) is 46.6 Å². The number of hydrogen-bond donors (Lipinski definition) is 2. The minimum absolute atomic E-state index is 0.0173. The molecule has 6 nitrogen and oxygen atoms in total. The Bertz CT molecular complexity index is 1080. The molecular weight excluding hydrogens is 402 g/mol. The number of rotatable bonds is 6. The average molecular weight is 424 g/mol. The molecule has 160 valence electrons. The van der Waals surface area contributed by atoms with Crippen LogP contribution in [-0.2, 0) is 11.2 Å². The third-order valence-corrected chi connectivity index (χ3v) is 5.39. The number of fused-ring (bicyclic) bond motifs is 1. The summed E-state index contributed by atoms with van der Waals surface area (Å²) in [5.74, 6) is -1.31. The van der Waals surface area contributed by atoms with Gasteiger partial charge in [0.2, 0.25) is 5.91 Å². The Morgan fingerprint density at radius 1 is 1.19 bits per heavy atom. The fourth-order valence-corrected chi connectivity index (χ4v) is 3.97. The van der Waals surface area contributed by atoms with Crippen LogP contribution in [0.3, 0.4) is 0 Å². The van der Waals surface area contributed by atoms with Crippen LogP contribution in [0.5, 0.6) is 0 Å². The number of aromatic amines is 1. The highest BCUT2D eigenvalue weighted by atomic mass is 19.3. The number of nitrogens with zero attached hydrogens (tertiary/aromatic N) is 2. The number of nitrogens with one attached hydrogen (secondary N) is 2. The Kier molecular flexibility index (Phi) is 5.79. The molecule has 1 aliphatic rings. The topological polar surface area (TPSA) is 78.1 Å². The molecule has 4 rings (SSSR count). The zero-order chi connectivity index (χ0) is 22.0. The summed E-state index contributed by atoms with van der Waals surface area (Å²) in [6, 6.07) is 13.1. The van der Waals surface area contributed by atoms with Crippen molar-refractivity contribution in [2.24, 2.45) is 5.92 Å². The van der Waals surface area contributed by atoms with Crippen LogP contribution < -0.4 is 5.32 Å². The molecule has 0 aliphatic heterocycles. The molecule has 1 aromatic carbocycles. The van der Waals surface area contributed by atoms with Gasteiger partial charge in [-0.1, -0.05) is 18.2 Å². The van der Waals surface area contributed by atoms with E-state index in [0.29, 0.717) is 16.9 Å². The van der Waals surface area contributed by atoms with Gasteiger partial charge in [-0.15, -0.1) is 0 Å². The van der Waals surface area contributed by atoms with E-state index in [1.165, 1.54) is 7.05 Å². The number of alkyl halides is 2. The van der Waals surface area contributed by atoms with E-state index >= 15 is 0 Å². The van der Waals surface area contributed by atoms with Crippen LogP contribution >= 0.6 is 0 Å². The van der Waals surface area contributed by atoms with Crippen molar-refractivity contribution in [2.45, 2.75) is 19.3 Å². The van der Waals surface area contributed by atoms with Crippen molar-refractivity contribution in [3.63, 3.8) is 0 Å². The van der Waals surface area contributed by atoms with E-state index in [1.807, 2.05) is 42.5 Å². The Morgan fingerprint density at radius 2 is 1.90 bits per heavy atom. The lowest BCUT2D eigenvalue weighted by Crippen LogP contribution is -2.39. The number of carbonyl (C=O) groups excluding carboxylic acids is 2. The molecule has 1 atom stereocenters. The fourth-order valence-electron chi connectivity index (χ4n) is 3.97. The number of pyridine rings is 1. The summed E-state index contributed by atoms with van der Waals surface area (Å²) >= 11 is 0. The molecule has 0 radical (unpaired) electrons. The van der Waals surface area contributed by atoms with E-state index < -0.39 is 24.8 Å². The van der Waals surface area contributed by atoms with Gasteiger partial charge in [0.15, 0.2) is 5.78 Å². The Morgan fingerprint density at radius 3 is 2.58 bits per heavy atom. The minimum atomic E-state index is -2.62. The normalized spacial score (nSPS) is 15.6. The smallest absolute Gasteiger partial charge is 0.255 e. The van der Waals surface area contributed by atoms with Crippen molar-refractivity contribution in [1.29, 1.82) is 0 Å². The summed E-state index contributed by atoms with van der Waals surface area (Å²) in [6.07, 6.45) is 0.969. The zero-order valence-electron chi connectivity index (χ0n) is 16.9. The maximum Gasteiger partial charge on any atom is 0.255 e. The van der Waals surface area contributed by atoms with E-state index in [1.54, 1.807) is 12.4 Å². The molecule has 0 fully saturated rings. The van der Waals surface area contributed by atoms with Gasteiger partial charge in [-0.05, 0) is 24.3 Å². The summed E-state index contributed by atoms with van der Waals surface area (Å²) in [5, 5.41) is 3.34. The largest absolute Gasteiger partial charge is 0.356 e. The van der Waals surface area contributed by atoms with Gasteiger partial charge in [-0.2, -0.15) is 0 Å². The molecule has 1 unspecified atom stereocenters. The van der Waals surface area contributed by atoms with Gasteiger partial charge >= 0.3 is 0 Å². The van der Waals surface area contributed by atoms with E-state index in [0.717, 1.165) is 21.8 Å². The van der Waals surface area contributed by atoms with Crippen LogP contribution in [0.15, 0.2) is 54.9 Å². The second kappa shape index (κ2) is 8.67. The van der Waals surface area contributed by atoms with Gasteiger partial charge in [0.25, 0.3) is 6.43 Å². The maximum absolute atomic E-state index is 13.1. The number of para-hydroxylation sites is 1. The van der Waals surface area contributed by atoms with Crippen LogP contribution in [0.25, 0.3) is 11.3 Å². The standard InChI is InChI=1S/C23H22F2N4O2/c1-29(13-19(24)25)23(31)15-11-17-20(18(30)12-15)22(27-16-5-3-2-4-6-16)21(28-17)14-7-9-26-10-8-14/h2-10,15,19,27-28H,11-13H2,1H3.